The Balaban J connectivity index is 1.77. The van der Waals surface area contributed by atoms with Crippen LogP contribution in [0.3, 0.4) is 0 Å². The molecule has 6 heteroatoms. The van der Waals surface area contributed by atoms with Gasteiger partial charge in [0.15, 0.2) is 15.6 Å². The second kappa shape index (κ2) is 10.0. The van der Waals surface area contributed by atoms with E-state index in [4.69, 9.17) is 0 Å². The number of fused-ring (bicyclic) bond motifs is 1. The lowest BCUT2D eigenvalue weighted by Crippen LogP contribution is -2.11. The zero-order valence-corrected chi connectivity index (χ0v) is 20.0. The molecule has 0 saturated carbocycles. The minimum Gasteiger partial charge on any atom is -0.294 e. The molecule has 5 nitrogen and oxygen atoms in total. The third-order valence-electron chi connectivity index (χ3n) is 5.57. The number of sulfone groups is 1. The molecule has 34 heavy (non-hydrogen) atoms. The van der Waals surface area contributed by atoms with Crippen molar-refractivity contribution < 1.29 is 13.2 Å². The number of nitrogens with one attached hydrogen (secondary N) is 1. The van der Waals surface area contributed by atoms with Crippen LogP contribution in [0.15, 0.2) is 85.1 Å². The lowest BCUT2D eigenvalue weighted by Gasteiger charge is -2.17. The highest BCUT2D eigenvalue weighted by Crippen LogP contribution is 2.35. The Kier molecular flexibility index (Phi) is 6.89. The molecule has 1 aromatic heterocycles. The van der Waals surface area contributed by atoms with Crippen molar-refractivity contribution >= 4 is 43.7 Å². The van der Waals surface area contributed by atoms with Gasteiger partial charge in [0.2, 0.25) is 0 Å². The molecule has 0 unspecified atom stereocenters. The molecule has 1 heterocycles. The molecule has 0 aliphatic carbocycles. The van der Waals surface area contributed by atoms with Gasteiger partial charge in [0.1, 0.15) is 5.75 Å². The maximum absolute atomic E-state index is 11.9. The Morgan fingerprint density at radius 3 is 2.32 bits per heavy atom. The number of allylic oxidation sites excluding steroid dienone is 2. The van der Waals surface area contributed by atoms with Gasteiger partial charge in [-0.05, 0) is 58.0 Å². The van der Waals surface area contributed by atoms with Crippen molar-refractivity contribution in [3.8, 4) is 0 Å². The first-order valence-corrected chi connectivity index (χ1v) is 13.1. The summed E-state index contributed by atoms with van der Waals surface area (Å²) in [4.78, 5) is 11.9. The SMILES string of the molecule is CC/C(=C(/c1ccc(/C=C/C(=O)CS(C)(=O)=O)cc1)c1ccc2[nH]ncc2c1)c1ccccc1. The van der Waals surface area contributed by atoms with Crippen LogP contribution in [0.25, 0.3) is 28.1 Å². The van der Waals surface area contributed by atoms with E-state index in [2.05, 4.69) is 41.4 Å². The molecule has 0 spiro atoms. The molecule has 0 bridgehead atoms. The van der Waals surface area contributed by atoms with Crippen molar-refractivity contribution in [2.75, 3.05) is 12.0 Å². The van der Waals surface area contributed by atoms with E-state index in [1.54, 1.807) is 6.08 Å². The molecule has 1 N–H and O–H groups in total. The van der Waals surface area contributed by atoms with E-state index in [0.717, 1.165) is 45.8 Å². The van der Waals surface area contributed by atoms with Gasteiger partial charge in [-0.15, -0.1) is 0 Å². The second-order valence-electron chi connectivity index (χ2n) is 8.24. The molecule has 0 aliphatic heterocycles. The standard InChI is InChI=1S/C28H26N2O3S/c1-3-26(21-7-5-4-6-8-21)28(23-14-16-27-24(17-23)18-29-30-27)22-12-9-20(10-13-22)11-15-25(31)19-34(2,32)33/h4-18H,3,19H2,1-2H3,(H,29,30)/b15-11+,28-26+. The first-order chi connectivity index (χ1) is 16.3. The minimum absolute atomic E-state index is 0.432. The van der Waals surface area contributed by atoms with Gasteiger partial charge < -0.3 is 0 Å². The number of aromatic nitrogens is 2. The van der Waals surface area contributed by atoms with Crippen LogP contribution < -0.4 is 0 Å². The van der Waals surface area contributed by atoms with Gasteiger partial charge in [-0.25, -0.2) is 8.42 Å². The molecule has 0 atom stereocenters. The summed E-state index contributed by atoms with van der Waals surface area (Å²) in [5.41, 5.74) is 7.51. The molecule has 4 aromatic rings. The van der Waals surface area contributed by atoms with Gasteiger partial charge in [0.25, 0.3) is 0 Å². The third kappa shape index (κ3) is 5.58. The van der Waals surface area contributed by atoms with E-state index in [-0.39, 0.29) is 0 Å². The van der Waals surface area contributed by atoms with Gasteiger partial charge in [0, 0.05) is 11.6 Å². The number of aromatic amines is 1. The summed E-state index contributed by atoms with van der Waals surface area (Å²) in [5, 5.41) is 8.20. The van der Waals surface area contributed by atoms with E-state index < -0.39 is 21.4 Å². The monoisotopic (exact) mass is 470 g/mol. The summed E-state index contributed by atoms with van der Waals surface area (Å²) < 4.78 is 22.6. The summed E-state index contributed by atoms with van der Waals surface area (Å²) in [6.45, 7) is 2.16. The van der Waals surface area contributed by atoms with Gasteiger partial charge in [0.05, 0.1) is 11.7 Å². The number of nitrogens with zero attached hydrogens (tertiary/aromatic N) is 1. The number of carbonyl (C=O) groups excluding carboxylic acids is 1. The van der Waals surface area contributed by atoms with E-state index in [1.807, 2.05) is 54.7 Å². The average molecular weight is 471 g/mol. The lowest BCUT2D eigenvalue weighted by molar-refractivity contribution is -0.112. The molecular formula is C28H26N2O3S. The van der Waals surface area contributed by atoms with Crippen molar-refractivity contribution in [2.24, 2.45) is 0 Å². The fourth-order valence-electron chi connectivity index (χ4n) is 4.03. The lowest BCUT2D eigenvalue weighted by atomic mass is 9.87. The summed E-state index contributed by atoms with van der Waals surface area (Å²) >= 11 is 0. The topological polar surface area (TPSA) is 79.9 Å². The zero-order valence-electron chi connectivity index (χ0n) is 19.2. The zero-order chi connectivity index (χ0) is 24.1. The average Bonchev–Trinajstić information content (AvgIpc) is 3.29. The van der Waals surface area contributed by atoms with E-state index in [0.29, 0.717) is 0 Å². The Labute approximate surface area is 199 Å². The smallest absolute Gasteiger partial charge is 0.170 e. The normalized spacial score (nSPS) is 12.8. The van der Waals surface area contributed by atoms with Gasteiger partial charge in [-0.3, -0.25) is 9.89 Å². The summed E-state index contributed by atoms with van der Waals surface area (Å²) in [6, 6.07) is 24.6. The third-order valence-corrected chi connectivity index (χ3v) is 6.38. The molecule has 3 aromatic carbocycles. The van der Waals surface area contributed by atoms with Crippen molar-refractivity contribution in [3.63, 3.8) is 0 Å². The van der Waals surface area contributed by atoms with E-state index >= 15 is 0 Å². The van der Waals surface area contributed by atoms with E-state index in [1.165, 1.54) is 17.2 Å². The molecule has 0 fully saturated rings. The van der Waals surface area contributed by atoms with Crippen LogP contribution >= 0.6 is 0 Å². The van der Waals surface area contributed by atoms with Gasteiger partial charge in [-0.2, -0.15) is 5.10 Å². The van der Waals surface area contributed by atoms with Crippen molar-refractivity contribution in [1.82, 2.24) is 10.2 Å². The number of carbonyl (C=O) groups is 1. The van der Waals surface area contributed by atoms with Gasteiger partial charge >= 0.3 is 0 Å². The molecule has 0 radical (unpaired) electrons. The van der Waals surface area contributed by atoms with Crippen LogP contribution in [0, 0.1) is 0 Å². The molecule has 0 amide bonds. The molecule has 4 rings (SSSR count). The number of H-pyrrole nitrogens is 1. The Morgan fingerprint density at radius 1 is 0.941 bits per heavy atom. The first kappa shape index (κ1) is 23.4. The Hall–Kier alpha value is -3.77. The van der Waals surface area contributed by atoms with Crippen molar-refractivity contribution in [1.29, 1.82) is 0 Å². The summed E-state index contributed by atoms with van der Waals surface area (Å²) in [5.74, 6) is -0.917. The second-order valence-corrected chi connectivity index (χ2v) is 10.4. The number of benzene rings is 3. The van der Waals surface area contributed by atoms with Crippen LogP contribution in [0.2, 0.25) is 0 Å². The van der Waals surface area contributed by atoms with Gasteiger partial charge in [-0.1, -0.05) is 73.7 Å². The fourth-order valence-corrected chi connectivity index (χ4v) is 4.65. The van der Waals surface area contributed by atoms with Crippen LogP contribution in [-0.4, -0.2) is 36.4 Å². The number of ketones is 1. The van der Waals surface area contributed by atoms with Crippen LogP contribution in [-0.2, 0) is 14.6 Å². The highest BCUT2D eigenvalue weighted by Gasteiger charge is 2.14. The van der Waals surface area contributed by atoms with Crippen LogP contribution in [0.5, 0.6) is 0 Å². The molecule has 0 aliphatic rings. The minimum atomic E-state index is -3.34. The quantitative estimate of drug-likeness (QED) is 0.270. The maximum atomic E-state index is 11.9. The molecule has 172 valence electrons. The number of hydrogen-bond donors (Lipinski definition) is 1. The van der Waals surface area contributed by atoms with Crippen LogP contribution in [0.4, 0.5) is 0 Å². The molecule has 0 saturated heterocycles. The van der Waals surface area contributed by atoms with Crippen molar-refractivity contribution in [2.45, 2.75) is 13.3 Å². The Bertz CT molecular complexity index is 1480. The van der Waals surface area contributed by atoms with Crippen LogP contribution in [0.1, 0.15) is 35.6 Å². The van der Waals surface area contributed by atoms with E-state index in [9.17, 15) is 13.2 Å². The highest BCUT2D eigenvalue weighted by atomic mass is 32.2. The number of rotatable bonds is 8. The summed E-state index contributed by atoms with van der Waals surface area (Å²) in [7, 11) is -3.34. The predicted molar refractivity (Wildman–Crippen MR) is 139 cm³/mol. The molecular weight excluding hydrogens is 444 g/mol. The predicted octanol–water partition coefficient (Wildman–Crippen LogP) is 5.56. The number of hydrogen-bond acceptors (Lipinski definition) is 4. The highest BCUT2D eigenvalue weighted by molar-refractivity contribution is 7.91. The largest absolute Gasteiger partial charge is 0.294 e. The fraction of sp³-hybridized carbons (Fsp3) is 0.143. The summed E-state index contributed by atoms with van der Waals surface area (Å²) in [6.07, 6.45) is 6.70. The van der Waals surface area contributed by atoms with Crippen molar-refractivity contribution in [3.05, 3.63) is 107 Å². The Morgan fingerprint density at radius 2 is 1.65 bits per heavy atom. The maximum Gasteiger partial charge on any atom is 0.170 e. The first-order valence-electron chi connectivity index (χ1n) is 11.0.